The van der Waals surface area contributed by atoms with E-state index in [0.717, 1.165) is 12.8 Å². The summed E-state index contributed by atoms with van der Waals surface area (Å²) in [6, 6.07) is 1.38. The monoisotopic (exact) mass is 301 g/mol. The second-order valence-electron chi connectivity index (χ2n) is 4.89. The van der Waals surface area contributed by atoms with Crippen molar-refractivity contribution >= 4 is 15.9 Å². The molecular formula is C12H19N3O4S. The van der Waals surface area contributed by atoms with Crippen LogP contribution < -0.4 is 10.5 Å². The van der Waals surface area contributed by atoms with Crippen LogP contribution in [0.2, 0.25) is 0 Å². The summed E-state index contributed by atoms with van der Waals surface area (Å²) in [4.78, 5) is 12.1. The molecule has 0 bridgehead atoms. The predicted octanol–water partition coefficient (Wildman–Crippen LogP) is 0.0626. The van der Waals surface area contributed by atoms with Crippen LogP contribution in [0.3, 0.4) is 0 Å². The molecule has 0 aliphatic heterocycles. The summed E-state index contributed by atoms with van der Waals surface area (Å²) in [5.74, 6) is -0.290. The van der Waals surface area contributed by atoms with E-state index in [4.69, 9.17) is 9.88 Å². The quantitative estimate of drug-likeness (QED) is 0.802. The number of nitrogens with zero attached hydrogens (tertiary/aromatic N) is 1. The normalized spacial score (nSPS) is 22.4. The summed E-state index contributed by atoms with van der Waals surface area (Å²) in [6.45, 7) is 2.32. The molecule has 0 radical (unpaired) electrons. The standard InChI is InChI=1S/C12H19N3O4S/c1-3-15-7-10(20(13,17)18)6-11(15)12(16)14-8-4-9(5-8)19-2/h6-9H,3-5H2,1-2H3,(H,14,16)(H2,13,17,18). The van der Waals surface area contributed by atoms with Gasteiger partial charge in [0.1, 0.15) is 10.6 Å². The zero-order valence-electron chi connectivity index (χ0n) is 11.5. The third-order valence-corrected chi connectivity index (χ3v) is 4.42. The first-order chi connectivity index (χ1) is 9.35. The molecule has 0 saturated heterocycles. The van der Waals surface area contributed by atoms with Crippen molar-refractivity contribution in [3.63, 3.8) is 0 Å². The first kappa shape index (κ1) is 15.0. The smallest absolute Gasteiger partial charge is 0.268 e. The van der Waals surface area contributed by atoms with Crippen LogP contribution in [-0.4, -0.2) is 38.1 Å². The fourth-order valence-electron chi connectivity index (χ4n) is 2.23. The third kappa shape index (κ3) is 3.02. The number of primary sulfonamides is 1. The molecule has 1 amide bonds. The van der Waals surface area contributed by atoms with Crippen molar-refractivity contribution in [3.8, 4) is 0 Å². The minimum absolute atomic E-state index is 0.0483. The number of amides is 1. The zero-order chi connectivity index (χ0) is 14.9. The van der Waals surface area contributed by atoms with Gasteiger partial charge in [0, 0.05) is 25.9 Å². The summed E-state index contributed by atoms with van der Waals surface area (Å²) in [5.41, 5.74) is 0.303. The maximum absolute atomic E-state index is 12.2. The van der Waals surface area contributed by atoms with E-state index < -0.39 is 10.0 Å². The van der Waals surface area contributed by atoms with Gasteiger partial charge in [0.25, 0.3) is 5.91 Å². The van der Waals surface area contributed by atoms with Crippen LogP contribution in [0.4, 0.5) is 0 Å². The maximum atomic E-state index is 12.2. The number of nitrogens with one attached hydrogen (secondary N) is 1. The first-order valence-electron chi connectivity index (χ1n) is 6.41. The Morgan fingerprint density at radius 1 is 1.55 bits per heavy atom. The number of nitrogens with two attached hydrogens (primary N) is 1. The Bertz CT molecular complexity index is 602. The van der Waals surface area contributed by atoms with Gasteiger partial charge in [-0.05, 0) is 25.8 Å². The topological polar surface area (TPSA) is 103 Å². The number of hydrogen-bond donors (Lipinski definition) is 2. The molecule has 2 rings (SSSR count). The van der Waals surface area contributed by atoms with Gasteiger partial charge in [-0.1, -0.05) is 0 Å². The van der Waals surface area contributed by atoms with Crippen molar-refractivity contribution in [1.29, 1.82) is 0 Å². The Balaban J connectivity index is 2.11. The van der Waals surface area contributed by atoms with E-state index in [9.17, 15) is 13.2 Å². The summed E-state index contributed by atoms with van der Waals surface area (Å²) in [7, 11) is -2.16. The highest BCUT2D eigenvalue weighted by molar-refractivity contribution is 7.89. The van der Waals surface area contributed by atoms with Crippen LogP contribution >= 0.6 is 0 Å². The van der Waals surface area contributed by atoms with Gasteiger partial charge in [-0.3, -0.25) is 4.79 Å². The molecule has 0 unspecified atom stereocenters. The molecule has 1 aromatic heterocycles. The highest BCUT2D eigenvalue weighted by Crippen LogP contribution is 2.23. The number of ether oxygens (including phenoxy) is 1. The molecule has 1 heterocycles. The van der Waals surface area contributed by atoms with Gasteiger partial charge in [-0.25, -0.2) is 13.6 Å². The number of sulfonamides is 1. The van der Waals surface area contributed by atoms with Crippen molar-refractivity contribution in [2.45, 2.75) is 43.4 Å². The Hall–Kier alpha value is -1.38. The Morgan fingerprint density at radius 3 is 2.70 bits per heavy atom. The van der Waals surface area contributed by atoms with Gasteiger partial charge < -0.3 is 14.6 Å². The van der Waals surface area contributed by atoms with Crippen LogP contribution in [0.1, 0.15) is 30.3 Å². The number of hydrogen-bond acceptors (Lipinski definition) is 4. The Kier molecular flexibility index (Phi) is 4.17. The number of carbonyl (C=O) groups is 1. The molecule has 0 aromatic carbocycles. The fourth-order valence-corrected chi connectivity index (χ4v) is 2.78. The predicted molar refractivity (Wildman–Crippen MR) is 72.8 cm³/mol. The Labute approximate surface area is 118 Å². The number of aryl methyl sites for hydroxylation is 1. The minimum Gasteiger partial charge on any atom is -0.381 e. The summed E-state index contributed by atoms with van der Waals surface area (Å²) in [6.07, 6.45) is 3.12. The van der Waals surface area contributed by atoms with Crippen LogP contribution in [0, 0.1) is 0 Å². The summed E-state index contributed by atoms with van der Waals surface area (Å²) < 4.78 is 29.4. The van der Waals surface area contributed by atoms with Gasteiger partial charge in [-0.15, -0.1) is 0 Å². The molecule has 0 atom stereocenters. The molecule has 1 fully saturated rings. The van der Waals surface area contributed by atoms with E-state index in [1.807, 2.05) is 6.92 Å². The van der Waals surface area contributed by atoms with Crippen molar-refractivity contribution in [1.82, 2.24) is 9.88 Å². The van der Waals surface area contributed by atoms with E-state index in [2.05, 4.69) is 5.32 Å². The minimum atomic E-state index is -3.80. The second-order valence-corrected chi connectivity index (χ2v) is 6.45. The van der Waals surface area contributed by atoms with Crippen LogP contribution in [-0.2, 0) is 21.3 Å². The average molecular weight is 301 g/mol. The highest BCUT2D eigenvalue weighted by Gasteiger charge is 2.31. The fraction of sp³-hybridized carbons (Fsp3) is 0.583. The van der Waals surface area contributed by atoms with E-state index in [-0.39, 0.29) is 22.9 Å². The molecule has 1 aliphatic rings. The molecule has 1 aliphatic carbocycles. The lowest BCUT2D eigenvalue weighted by Gasteiger charge is -2.34. The number of aromatic nitrogens is 1. The largest absolute Gasteiger partial charge is 0.381 e. The highest BCUT2D eigenvalue weighted by atomic mass is 32.2. The van der Waals surface area contributed by atoms with Gasteiger partial charge in [-0.2, -0.15) is 0 Å². The van der Waals surface area contributed by atoms with Crippen molar-refractivity contribution < 1.29 is 17.9 Å². The van der Waals surface area contributed by atoms with E-state index >= 15 is 0 Å². The molecule has 112 valence electrons. The van der Waals surface area contributed by atoms with Gasteiger partial charge in [0.05, 0.1) is 6.10 Å². The molecule has 7 nitrogen and oxygen atoms in total. The second kappa shape index (κ2) is 5.55. The lowest BCUT2D eigenvalue weighted by Crippen LogP contribution is -2.47. The van der Waals surface area contributed by atoms with Gasteiger partial charge in [0.2, 0.25) is 10.0 Å². The van der Waals surface area contributed by atoms with Crippen LogP contribution in [0.15, 0.2) is 17.2 Å². The molecule has 0 spiro atoms. The molecule has 20 heavy (non-hydrogen) atoms. The van der Waals surface area contributed by atoms with E-state index in [0.29, 0.717) is 12.2 Å². The van der Waals surface area contributed by atoms with E-state index in [1.165, 1.54) is 12.3 Å². The number of carbonyl (C=O) groups excluding carboxylic acids is 1. The summed E-state index contributed by atoms with van der Waals surface area (Å²) in [5, 5.41) is 7.94. The molecule has 1 aromatic rings. The molecule has 8 heteroatoms. The van der Waals surface area contributed by atoms with Crippen LogP contribution in [0.5, 0.6) is 0 Å². The average Bonchev–Trinajstić information content (AvgIpc) is 2.76. The van der Waals surface area contributed by atoms with Crippen molar-refractivity contribution in [2.24, 2.45) is 5.14 Å². The molecule has 3 N–H and O–H groups in total. The maximum Gasteiger partial charge on any atom is 0.268 e. The molecule has 1 saturated carbocycles. The number of rotatable bonds is 5. The van der Waals surface area contributed by atoms with Gasteiger partial charge in [0.15, 0.2) is 0 Å². The lowest BCUT2D eigenvalue weighted by molar-refractivity contribution is 0.0175. The van der Waals surface area contributed by atoms with Gasteiger partial charge >= 0.3 is 0 Å². The third-order valence-electron chi connectivity index (χ3n) is 3.54. The number of methoxy groups -OCH3 is 1. The lowest BCUT2D eigenvalue weighted by atomic mass is 9.89. The van der Waals surface area contributed by atoms with Crippen molar-refractivity contribution in [3.05, 3.63) is 18.0 Å². The van der Waals surface area contributed by atoms with Crippen molar-refractivity contribution in [2.75, 3.05) is 7.11 Å². The first-order valence-corrected chi connectivity index (χ1v) is 7.96. The zero-order valence-corrected chi connectivity index (χ0v) is 12.3. The summed E-state index contributed by atoms with van der Waals surface area (Å²) >= 11 is 0. The SMILES string of the molecule is CCn1cc(S(N)(=O)=O)cc1C(=O)NC1CC(OC)C1. The Morgan fingerprint density at radius 2 is 2.20 bits per heavy atom. The van der Waals surface area contributed by atoms with Crippen LogP contribution in [0.25, 0.3) is 0 Å². The van der Waals surface area contributed by atoms with E-state index in [1.54, 1.807) is 11.7 Å². The molecular weight excluding hydrogens is 282 g/mol.